The number of anilines is 1. The summed E-state index contributed by atoms with van der Waals surface area (Å²) in [6.07, 6.45) is 13.1. The fourth-order valence-electron chi connectivity index (χ4n) is 9.25. The van der Waals surface area contributed by atoms with Crippen LogP contribution in [-0.2, 0) is 4.79 Å². The number of hydrogen-bond donors (Lipinski definition) is 4. The van der Waals surface area contributed by atoms with E-state index in [0.717, 1.165) is 32.1 Å². The number of aliphatic hydroxyl groups excluding tert-OH is 2. The van der Waals surface area contributed by atoms with Crippen molar-refractivity contribution in [2.24, 2.45) is 46.3 Å². The number of aromatic nitrogens is 2. The van der Waals surface area contributed by atoms with Crippen molar-refractivity contribution in [2.75, 3.05) is 5.32 Å². The number of nitrogens with one attached hydrogen (secondary N) is 2. The topological polar surface area (TPSA) is 98.2 Å². The molecule has 4 saturated carbocycles. The first-order valence-corrected chi connectivity index (χ1v) is 13.4. The summed E-state index contributed by atoms with van der Waals surface area (Å²) in [7, 11) is 0. The molecule has 0 aliphatic heterocycles. The highest BCUT2D eigenvalue weighted by Gasteiger charge is 2.63. The van der Waals surface area contributed by atoms with Crippen LogP contribution >= 0.6 is 0 Å². The molecule has 184 valence electrons. The number of amides is 1. The molecule has 0 aromatic carbocycles. The first-order valence-electron chi connectivity index (χ1n) is 13.4. The van der Waals surface area contributed by atoms with Crippen LogP contribution in [0.1, 0.15) is 85.0 Å². The predicted molar refractivity (Wildman–Crippen MR) is 128 cm³/mol. The summed E-state index contributed by atoms with van der Waals surface area (Å²) in [4.78, 5) is 19.4. The van der Waals surface area contributed by atoms with Crippen LogP contribution in [0.25, 0.3) is 0 Å². The molecule has 6 heteroatoms. The van der Waals surface area contributed by atoms with Crippen molar-refractivity contribution in [3.63, 3.8) is 0 Å². The minimum atomic E-state index is -0.266. The quantitative estimate of drug-likeness (QED) is 0.513. The highest BCUT2D eigenvalue weighted by atomic mass is 16.3. The molecule has 1 amide bonds. The van der Waals surface area contributed by atoms with Crippen LogP contribution in [0.3, 0.4) is 0 Å². The standard InChI is InChI=1S/C27H43N3O3/c1-16(4-9-24(33)30-25-28-12-13-29-25)20-7-8-21-19-6-5-17-14-18(31)10-11-26(17,2)22(19)15-23(32)27(20,21)3/h12-13,16-23,31-32H,4-11,14-15H2,1-3H3,(H2,28,29,30,33)/t16-,17-,18-,19+,20-,21+,22+,23+,26+,27-/m1/s1. The summed E-state index contributed by atoms with van der Waals surface area (Å²) >= 11 is 0. The van der Waals surface area contributed by atoms with Gasteiger partial charge in [-0.05, 0) is 104 Å². The highest BCUT2D eigenvalue weighted by Crippen LogP contribution is 2.68. The highest BCUT2D eigenvalue weighted by molar-refractivity contribution is 5.88. The van der Waals surface area contributed by atoms with Crippen molar-refractivity contribution in [3.05, 3.63) is 12.4 Å². The summed E-state index contributed by atoms with van der Waals surface area (Å²) in [5.41, 5.74) is 0.230. The Morgan fingerprint density at radius 3 is 2.76 bits per heavy atom. The maximum atomic E-state index is 12.4. The Hall–Kier alpha value is -1.40. The molecule has 1 heterocycles. The second-order valence-corrected chi connectivity index (χ2v) is 12.4. The van der Waals surface area contributed by atoms with Gasteiger partial charge in [0.15, 0.2) is 0 Å². The first-order chi connectivity index (χ1) is 15.7. The van der Waals surface area contributed by atoms with E-state index >= 15 is 0 Å². The molecule has 5 rings (SSSR count). The van der Waals surface area contributed by atoms with Crippen molar-refractivity contribution in [2.45, 2.75) is 97.2 Å². The van der Waals surface area contributed by atoms with E-state index in [9.17, 15) is 15.0 Å². The molecule has 6 nitrogen and oxygen atoms in total. The van der Waals surface area contributed by atoms with E-state index in [2.05, 4.69) is 36.1 Å². The average molecular weight is 458 g/mol. The lowest BCUT2D eigenvalue weighted by atomic mass is 9.43. The summed E-state index contributed by atoms with van der Waals surface area (Å²) in [5.74, 6) is 3.88. The third-order valence-corrected chi connectivity index (χ3v) is 11.1. The average Bonchev–Trinajstić information content (AvgIpc) is 3.41. The molecule has 0 bridgehead atoms. The molecule has 4 fully saturated rings. The van der Waals surface area contributed by atoms with Crippen LogP contribution in [0.4, 0.5) is 5.95 Å². The van der Waals surface area contributed by atoms with Gasteiger partial charge in [0.1, 0.15) is 0 Å². The third kappa shape index (κ3) is 3.85. The van der Waals surface area contributed by atoms with Gasteiger partial charge >= 0.3 is 0 Å². The normalized spacial score (nSPS) is 45.5. The summed E-state index contributed by atoms with van der Waals surface area (Å²) in [6, 6.07) is 0. The molecule has 33 heavy (non-hydrogen) atoms. The minimum Gasteiger partial charge on any atom is -0.393 e. The van der Waals surface area contributed by atoms with Crippen molar-refractivity contribution >= 4 is 11.9 Å². The lowest BCUT2D eigenvalue weighted by Crippen LogP contribution is -2.58. The predicted octanol–water partition coefficient (Wildman–Crippen LogP) is 4.76. The minimum absolute atomic E-state index is 0.00601. The van der Waals surface area contributed by atoms with E-state index < -0.39 is 0 Å². The van der Waals surface area contributed by atoms with E-state index in [1.54, 1.807) is 12.4 Å². The van der Waals surface area contributed by atoms with Gasteiger partial charge in [0.25, 0.3) is 0 Å². The van der Waals surface area contributed by atoms with E-state index in [-0.39, 0.29) is 28.9 Å². The van der Waals surface area contributed by atoms with Crippen LogP contribution in [0.5, 0.6) is 0 Å². The molecule has 0 saturated heterocycles. The Morgan fingerprint density at radius 1 is 1.18 bits per heavy atom. The van der Waals surface area contributed by atoms with Gasteiger partial charge in [-0.25, -0.2) is 4.98 Å². The summed E-state index contributed by atoms with van der Waals surface area (Å²) < 4.78 is 0. The van der Waals surface area contributed by atoms with Gasteiger partial charge in [-0.3, -0.25) is 10.1 Å². The maximum Gasteiger partial charge on any atom is 0.226 e. The summed E-state index contributed by atoms with van der Waals surface area (Å²) in [6.45, 7) is 7.13. The number of carbonyl (C=O) groups excluding carboxylic acids is 1. The van der Waals surface area contributed by atoms with Crippen LogP contribution in [-0.4, -0.2) is 38.3 Å². The molecule has 0 radical (unpaired) electrons. The smallest absolute Gasteiger partial charge is 0.226 e. The van der Waals surface area contributed by atoms with Crippen LogP contribution in [0.15, 0.2) is 12.4 Å². The van der Waals surface area contributed by atoms with Gasteiger partial charge in [-0.2, -0.15) is 0 Å². The number of carbonyl (C=O) groups is 1. The molecule has 0 spiro atoms. The van der Waals surface area contributed by atoms with Crippen molar-refractivity contribution in [1.29, 1.82) is 0 Å². The first kappa shape index (κ1) is 23.3. The number of H-pyrrole nitrogens is 1. The Bertz CT molecular complexity index is 844. The van der Waals surface area contributed by atoms with Crippen molar-refractivity contribution in [1.82, 2.24) is 9.97 Å². The largest absolute Gasteiger partial charge is 0.393 e. The van der Waals surface area contributed by atoms with Crippen LogP contribution in [0.2, 0.25) is 0 Å². The molecular formula is C27H43N3O3. The second-order valence-electron chi connectivity index (χ2n) is 12.4. The fraction of sp³-hybridized carbons (Fsp3) is 0.852. The zero-order valence-electron chi connectivity index (χ0n) is 20.6. The van der Waals surface area contributed by atoms with Gasteiger partial charge in [0.05, 0.1) is 12.2 Å². The molecule has 4 aliphatic rings. The molecular weight excluding hydrogens is 414 g/mol. The Kier molecular flexibility index (Phi) is 6.14. The van der Waals surface area contributed by atoms with E-state index in [1.807, 2.05) is 0 Å². The second kappa shape index (κ2) is 8.67. The van der Waals surface area contributed by atoms with Gasteiger partial charge in [-0.15, -0.1) is 0 Å². The number of nitrogens with zero attached hydrogens (tertiary/aromatic N) is 1. The van der Waals surface area contributed by atoms with Crippen LogP contribution in [0, 0.1) is 46.3 Å². The number of rotatable bonds is 5. The van der Waals surface area contributed by atoms with Gasteiger partial charge in [0, 0.05) is 18.8 Å². The lowest BCUT2D eigenvalue weighted by Gasteiger charge is -2.62. The van der Waals surface area contributed by atoms with Gasteiger partial charge in [-0.1, -0.05) is 20.8 Å². The fourth-order valence-corrected chi connectivity index (χ4v) is 9.25. The Labute approximate surface area is 198 Å². The van der Waals surface area contributed by atoms with Crippen molar-refractivity contribution < 1.29 is 15.0 Å². The molecule has 1 aromatic heterocycles. The van der Waals surface area contributed by atoms with Gasteiger partial charge < -0.3 is 15.2 Å². The lowest BCUT2D eigenvalue weighted by molar-refractivity contribution is -0.174. The molecule has 4 aliphatic carbocycles. The molecule has 10 atom stereocenters. The van der Waals surface area contributed by atoms with E-state index in [4.69, 9.17) is 0 Å². The van der Waals surface area contributed by atoms with Crippen molar-refractivity contribution in [3.8, 4) is 0 Å². The van der Waals surface area contributed by atoms with E-state index in [1.165, 1.54) is 25.7 Å². The zero-order chi connectivity index (χ0) is 23.4. The molecule has 4 N–H and O–H groups in total. The monoisotopic (exact) mass is 457 g/mol. The zero-order valence-corrected chi connectivity index (χ0v) is 20.6. The number of fused-ring (bicyclic) bond motifs is 5. The van der Waals surface area contributed by atoms with E-state index in [0.29, 0.717) is 47.9 Å². The number of hydrogen-bond acceptors (Lipinski definition) is 4. The molecule has 0 unspecified atom stereocenters. The molecule has 1 aromatic rings. The summed E-state index contributed by atoms with van der Waals surface area (Å²) in [5, 5.41) is 24.8. The number of aliphatic hydroxyl groups is 2. The van der Waals surface area contributed by atoms with Crippen LogP contribution < -0.4 is 5.32 Å². The Balaban J connectivity index is 1.27. The third-order valence-electron chi connectivity index (χ3n) is 11.1. The Morgan fingerprint density at radius 2 is 2.00 bits per heavy atom. The maximum absolute atomic E-state index is 12.4. The number of aromatic amines is 1. The van der Waals surface area contributed by atoms with Gasteiger partial charge in [0.2, 0.25) is 11.9 Å². The SMILES string of the molecule is C[C@H](CCC(=O)Nc1ncc[nH]1)[C@H]1CC[C@H]2[C@@H]3CC[C@@H]4C[C@H](O)CC[C@]4(C)[C@H]3C[C@H](O)[C@]12C. The number of imidazole rings is 1.